The molecular weight excluding hydrogens is 184 g/mol. The summed E-state index contributed by atoms with van der Waals surface area (Å²) in [6.45, 7) is 11.8. The zero-order valence-corrected chi connectivity index (χ0v) is 10.8. The average Bonchev–Trinajstić information content (AvgIpc) is 2.27. The fourth-order valence-corrected chi connectivity index (χ4v) is 2.55. The standard InChI is InChI=1S/C13H28N2/c1-4-6-12(3)15-9-7-13(8-10-15)11-14-5-2/h12-14H,4-11H2,1-3H3. The van der Waals surface area contributed by atoms with E-state index in [1.165, 1.54) is 45.3 Å². The van der Waals surface area contributed by atoms with Crippen molar-refractivity contribution < 1.29 is 0 Å². The van der Waals surface area contributed by atoms with E-state index in [9.17, 15) is 0 Å². The van der Waals surface area contributed by atoms with Gasteiger partial charge in [-0.3, -0.25) is 0 Å². The van der Waals surface area contributed by atoms with Crippen LogP contribution < -0.4 is 5.32 Å². The number of nitrogens with one attached hydrogen (secondary N) is 1. The molecule has 0 aromatic carbocycles. The highest BCUT2D eigenvalue weighted by Crippen LogP contribution is 2.19. The van der Waals surface area contributed by atoms with Gasteiger partial charge in [-0.25, -0.2) is 0 Å². The van der Waals surface area contributed by atoms with Gasteiger partial charge in [0.2, 0.25) is 0 Å². The predicted octanol–water partition coefficient (Wildman–Crippen LogP) is 2.50. The van der Waals surface area contributed by atoms with Crippen LogP contribution in [-0.4, -0.2) is 37.1 Å². The van der Waals surface area contributed by atoms with Gasteiger partial charge >= 0.3 is 0 Å². The summed E-state index contributed by atoms with van der Waals surface area (Å²) in [7, 11) is 0. The van der Waals surface area contributed by atoms with Crippen LogP contribution in [0.1, 0.15) is 46.5 Å². The molecule has 0 radical (unpaired) electrons. The van der Waals surface area contributed by atoms with Gasteiger partial charge in [-0.2, -0.15) is 0 Å². The van der Waals surface area contributed by atoms with E-state index in [0.29, 0.717) is 0 Å². The third-order valence-corrected chi connectivity index (χ3v) is 3.66. The molecule has 2 heteroatoms. The highest BCUT2D eigenvalue weighted by molar-refractivity contribution is 4.77. The van der Waals surface area contributed by atoms with E-state index in [2.05, 4.69) is 31.0 Å². The van der Waals surface area contributed by atoms with Gasteiger partial charge in [-0.1, -0.05) is 20.3 Å². The number of rotatable bonds is 6. The maximum absolute atomic E-state index is 3.47. The minimum atomic E-state index is 0.801. The maximum Gasteiger partial charge on any atom is 0.00668 e. The van der Waals surface area contributed by atoms with Crippen LogP contribution in [0.5, 0.6) is 0 Å². The first-order valence-electron chi connectivity index (χ1n) is 6.72. The molecule has 1 saturated heterocycles. The van der Waals surface area contributed by atoms with Crippen molar-refractivity contribution >= 4 is 0 Å². The zero-order valence-electron chi connectivity index (χ0n) is 10.8. The molecule has 15 heavy (non-hydrogen) atoms. The zero-order chi connectivity index (χ0) is 11.1. The van der Waals surface area contributed by atoms with E-state index in [1.54, 1.807) is 0 Å². The van der Waals surface area contributed by atoms with Crippen LogP contribution in [0.2, 0.25) is 0 Å². The molecule has 0 spiro atoms. The van der Waals surface area contributed by atoms with Crippen LogP contribution in [0.4, 0.5) is 0 Å². The lowest BCUT2D eigenvalue weighted by molar-refractivity contribution is 0.134. The highest BCUT2D eigenvalue weighted by atomic mass is 15.2. The number of likely N-dealkylation sites (tertiary alicyclic amines) is 1. The van der Waals surface area contributed by atoms with Crippen molar-refractivity contribution in [3.8, 4) is 0 Å². The Morgan fingerprint density at radius 2 is 1.93 bits per heavy atom. The van der Waals surface area contributed by atoms with Crippen LogP contribution >= 0.6 is 0 Å². The molecule has 0 saturated carbocycles. The summed E-state index contributed by atoms with van der Waals surface area (Å²) in [5, 5.41) is 3.47. The average molecular weight is 212 g/mol. The SMILES string of the molecule is CCCC(C)N1CCC(CNCC)CC1. The molecule has 0 amide bonds. The quantitative estimate of drug-likeness (QED) is 0.728. The Morgan fingerprint density at radius 3 is 2.47 bits per heavy atom. The molecular formula is C13H28N2. The summed E-state index contributed by atoms with van der Waals surface area (Å²) in [4.78, 5) is 2.67. The van der Waals surface area contributed by atoms with Crippen molar-refractivity contribution in [1.29, 1.82) is 0 Å². The van der Waals surface area contributed by atoms with E-state index in [1.807, 2.05) is 0 Å². The minimum absolute atomic E-state index is 0.801. The van der Waals surface area contributed by atoms with E-state index in [-0.39, 0.29) is 0 Å². The Morgan fingerprint density at radius 1 is 1.27 bits per heavy atom. The molecule has 1 rings (SSSR count). The summed E-state index contributed by atoms with van der Waals surface area (Å²) in [5.74, 6) is 0.926. The Kier molecular flexibility index (Phi) is 6.26. The molecule has 0 bridgehead atoms. The summed E-state index contributed by atoms with van der Waals surface area (Å²) in [6, 6.07) is 0.801. The van der Waals surface area contributed by atoms with Crippen molar-refractivity contribution in [1.82, 2.24) is 10.2 Å². The van der Waals surface area contributed by atoms with Crippen molar-refractivity contribution in [2.24, 2.45) is 5.92 Å². The van der Waals surface area contributed by atoms with Crippen molar-refractivity contribution in [3.63, 3.8) is 0 Å². The molecule has 0 aliphatic carbocycles. The molecule has 1 atom stereocenters. The fraction of sp³-hybridized carbons (Fsp3) is 1.00. The van der Waals surface area contributed by atoms with E-state index in [4.69, 9.17) is 0 Å². The van der Waals surface area contributed by atoms with Crippen LogP contribution in [0.15, 0.2) is 0 Å². The second-order valence-corrected chi connectivity index (χ2v) is 4.92. The van der Waals surface area contributed by atoms with Gasteiger partial charge in [0.15, 0.2) is 0 Å². The lowest BCUT2D eigenvalue weighted by Crippen LogP contribution is -2.41. The number of nitrogens with zero attached hydrogens (tertiary/aromatic N) is 1. The van der Waals surface area contributed by atoms with Gasteiger partial charge in [0.25, 0.3) is 0 Å². The first-order valence-corrected chi connectivity index (χ1v) is 6.72. The molecule has 1 heterocycles. The van der Waals surface area contributed by atoms with Gasteiger partial charge in [-0.05, 0) is 58.3 Å². The molecule has 0 aromatic heterocycles. The first-order chi connectivity index (χ1) is 7.27. The summed E-state index contributed by atoms with van der Waals surface area (Å²) in [6.07, 6.45) is 5.46. The molecule has 1 N–H and O–H groups in total. The van der Waals surface area contributed by atoms with Crippen LogP contribution in [-0.2, 0) is 0 Å². The predicted molar refractivity (Wildman–Crippen MR) is 67.2 cm³/mol. The smallest absolute Gasteiger partial charge is 0.00668 e. The highest BCUT2D eigenvalue weighted by Gasteiger charge is 2.21. The van der Waals surface area contributed by atoms with Crippen molar-refractivity contribution in [2.75, 3.05) is 26.2 Å². The van der Waals surface area contributed by atoms with Gasteiger partial charge in [0, 0.05) is 6.04 Å². The monoisotopic (exact) mass is 212 g/mol. The lowest BCUT2D eigenvalue weighted by Gasteiger charge is -2.36. The van der Waals surface area contributed by atoms with Gasteiger partial charge in [0.05, 0.1) is 0 Å². The van der Waals surface area contributed by atoms with Crippen LogP contribution in [0.3, 0.4) is 0 Å². The van der Waals surface area contributed by atoms with E-state index in [0.717, 1.165) is 18.5 Å². The Labute approximate surface area is 95.4 Å². The van der Waals surface area contributed by atoms with Gasteiger partial charge < -0.3 is 10.2 Å². The lowest BCUT2D eigenvalue weighted by atomic mass is 9.95. The Bertz CT molecular complexity index is 151. The summed E-state index contributed by atoms with van der Waals surface area (Å²) >= 11 is 0. The Hall–Kier alpha value is -0.0800. The molecule has 0 aromatic rings. The summed E-state index contributed by atoms with van der Waals surface area (Å²) in [5.41, 5.74) is 0. The van der Waals surface area contributed by atoms with Crippen LogP contribution in [0.25, 0.3) is 0 Å². The van der Waals surface area contributed by atoms with Gasteiger partial charge in [-0.15, -0.1) is 0 Å². The Balaban J connectivity index is 2.17. The van der Waals surface area contributed by atoms with Crippen molar-refractivity contribution in [2.45, 2.75) is 52.5 Å². The van der Waals surface area contributed by atoms with Crippen LogP contribution in [0, 0.1) is 5.92 Å². The second kappa shape index (κ2) is 7.24. The minimum Gasteiger partial charge on any atom is -0.317 e. The summed E-state index contributed by atoms with van der Waals surface area (Å²) < 4.78 is 0. The number of piperidine rings is 1. The number of hydrogen-bond acceptors (Lipinski definition) is 2. The molecule has 90 valence electrons. The van der Waals surface area contributed by atoms with Crippen molar-refractivity contribution in [3.05, 3.63) is 0 Å². The first kappa shape index (κ1) is 13.0. The third kappa shape index (κ3) is 4.52. The van der Waals surface area contributed by atoms with E-state index < -0.39 is 0 Å². The molecule has 1 aliphatic rings. The third-order valence-electron chi connectivity index (χ3n) is 3.66. The van der Waals surface area contributed by atoms with Gasteiger partial charge in [0.1, 0.15) is 0 Å². The fourth-order valence-electron chi connectivity index (χ4n) is 2.55. The molecule has 1 aliphatic heterocycles. The number of hydrogen-bond donors (Lipinski definition) is 1. The molecule has 1 unspecified atom stereocenters. The largest absolute Gasteiger partial charge is 0.317 e. The topological polar surface area (TPSA) is 15.3 Å². The maximum atomic E-state index is 3.47. The normalized spacial score (nSPS) is 21.8. The molecule has 2 nitrogen and oxygen atoms in total. The molecule has 1 fully saturated rings. The second-order valence-electron chi connectivity index (χ2n) is 4.92. The van der Waals surface area contributed by atoms with E-state index >= 15 is 0 Å².